The Bertz CT molecular complexity index is 349. The minimum Gasteiger partial charge on any atom is -0.480 e. The predicted molar refractivity (Wildman–Crippen MR) is 77.7 cm³/mol. The molecule has 3 unspecified atom stereocenters. The van der Waals surface area contributed by atoms with E-state index in [9.17, 15) is 14.7 Å². The standard InChI is InChI=1S/C14H27N3O3/c1-5-10(2)12(13(18)19)15-14(20)17(4)9-11-7-6-8-16(11)3/h10-12H,5-9H2,1-4H3,(H,15,20)(H,18,19). The highest BCUT2D eigenvalue weighted by atomic mass is 16.4. The fourth-order valence-corrected chi connectivity index (χ4v) is 2.54. The molecule has 1 aliphatic rings. The Balaban J connectivity index is 2.53. The number of aliphatic carboxylic acids is 1. The van der Waals surface area contributed by atoms with Gasteiger partial charge in [0.25, 0.3) is 0 Å². The van der Waals surface area contributed by atoms with E-state index < -0.39 is 12.0 Å². The summed E-state index contributed by atoms with van der Waals surface area (Å²) < 4.78 is 0. The van der Waals surface area contributed by atoms with Crippen molar-refractivity contribution in [3.05, 3.63) is 0 Å². The maximum absolute atomic E-state index is 12.1. The van der Waals surface area contributed by atoms with Crippen LogP contribution >= 0.6 is 0 Å². The van der Waals surface area contributed by atoms with Crippen molar-refractivity contribution in [1.82, 2.24) is 15.1 Å². The van der Waals surface area contributed by atoms with Gasteiger partial charge in [-0.3, -0.25) is 0 Å². The van der Waals surface area contributed by atoms with E-state index in [4.69, 9.17) is 0 Å². The van der Waals surface area contributed by atoms with E-state index in [1.165, 1.54) is 0 Å². The van der Waals surface area contributed by atoms with Gasteiger partial charge < -0.3 is 20.2 Å². The second kappa shape index (κ2) is 7.47. The van der Waals surface area contributed by atoms with Crippen LogP contribution in [0.5, 0.6) is 0 Å². The number of likely N-dealkylation sites (N-methyl/N-ethyl adjacent to an activating group) is 2. The van der Waals surface area contributed by atoms with E-state index in [0.717, 1.165) is 19.4 Å². The Hall–Kier alpha value is -1.30. The van der Waals surface area contributed by atoms with Crippen LogP contribution < -0.4 is 5.32 Å². The smallest absolute Gasteiger partial charge is 0.326 e. The Labute approximate surface area is 121 Å². The average molecular weight is 285 g/mol. The first-order chi connectivity index (χ1) is 9.36. The molecule has 0 aromatic rings. The molecular weight excluding hydrogens is 258 g/mol. The summed E-state index contributed by atoms with van der Waals surface area (Å²) in [6.45, 7) is 5.45. The molecule has 1 fully saturated rings. The summed E-state index contributed by atoms with van der Waals surface area (Å²) >= 11 is 0. The first-order valence-electron chi connectivity index (χ1n) is 7.31. The largest absolute Gasteiger partial charge is 0.480 e. The molecule has 1 aliphatic heterocycles. The van der Waals surface area contributed by atoms with Crippen LogP contribution in [-0.2, 0) is 4.79 Å². The summed E-state index contributed by atoms with van der Waals surface area (Å²) in [5.41, 5.74) is 0. The van der Waals surface area contributed by atoms with Crippen LogP contribution in [0.1, 0.15) is 33.1 Å². The molecule has 0 saturated carbocycles. The van der Waals surface area contributed by atoms with Gasteiger partial charge in [0.15, 0.2) is 0 Å². The Morgan fingerprint density at radius 2 is 2.15 bits per heavy atom. The first kappa shape index (κ1) is 16.8. The second-order valence-electron chi connectivity index (χ2n) is 5.81. The molecule has 116 valence electrons. The minimum absolute atomic E-state index is 0.0843. The monoisotopic (exact) mass is 285 g/mol. The fraction of sp³-hybridized carbons (Fsp3) is 0.857. The summed E-state index contributed by atoms with van der Waals surface area (Å²) in [4.78, 5) is 27.1. The summed E-state index contributed by atoms with van der Waals surface area (Å²) in [5, 5.41) is 11.8. The summed E-state index contributed by atoms with van der Waals surface area (Å²) in [7, 11) is 3.78. The number of urea groups is 1. The third kappa shape index (κ3) is 4.37. The van der Waals surface area contributed by atoms with Crippen LogP contribution in [0, 0.1) is 5.92 Å². The summed E-state index contributed by atoms with van der Waals surface area (Å²) in [6, 6.07) is -0.758. The minimum atomic E-state index is -0.973. The van der Waals surface area contributed by atoms with Crippen molar-refractivity contribution in [2.24, 2.45) is 5.92 Å². The van der Waals surface area contributed by atoms with Gasteiger partial charge in [0.1, 0.15) is 6.04 Å². The number of hydrogen-bond donors (Lipinski definition) is 2. The van der Waals surface area contributed by atoms with Gasteiger partial charge in [-0.15, -0.1) is 0 Å². The average Bonchev–Trinajstić information content (AvgIpc) is 2.79. The molecule has 6 heteroatoms. The molecule has 2 amide bonds. The zero-order valence-electron chi connectivity index (χ0n) is 12.9. The number of nitrogens with zero attached hydrogens (tertiary/aromatic N) is 2. The van der Waals surface area contributed by atoms with Crippen molar-refractivity contribution in [3.63, 3.8) is 0 Å². The normalized spacial score (nSPS) is 22.3. The number of carboxylic acids is 1. The number of rotatable bonds is 6. The van der Waals surface area contributed by atoms with E-state index in [0.29, 0.717) is 19.0 Å². The lowest BCUT2D eigenvalue weighted by Gasteiger charge is -2.28. The van der Waals surface area contributed by atoms with Gasteiger partial charge in [0.05, 0.1) is 0 Å². The highest BCUT2D eigenvalue weighted by Crippen LogP contribution is 2.15. The van der Waals surface area contributed by atoms with Gasteiger partial charge in [-0.05, 0) is 32.4 Å². The van der Waals surface area contributed by atoms with E-state index in [1.807, 2.05) is 13.8 Å². The molecule has 0 aromatic carbocycles. The molecular formula is C14H27N3O3. The molecule has 0 bridgehead atoms. The first-order valence-corrected chi connectivity index (χ1v) is 7.31. The predicted octanol–water partition coefficient (Wildman–Crippen LogP) is 1.22. The van der Waals surface area contributed by atoms with Gasteiger partial charge in [0, 0.05) is 19.6 Å². The lowest BCUT2D eigenvalue weighted by atomic mass is 9.99. The van der Waals surface area contributed by atoms with Gasteiger partial charge in [0.2, 0.25) is 0 Å². The number of hydrogen-bond acceptors (Lipinski definition) is 3. The fourth-order valence-electron chi connectivity index (χ4n) is 2.54. The van der Waals surface area contributed by atoms with Crippen molar-refractivity contribution in [3.8, 4) is 0 Å². The van der Waals surface area contributed by atoms with Gasteiger partial charge in [-0.2, -0.15) is 0 Å². The lowest BCUT2D eigenvalue weighted by Crippen LogP contribution is -2.51. The van der Waals surface area contributed by atoms with Crippen molar-refractivity contribution in [2.45, 2.75) is 45.2 Å². The quantitative estimate of drug-likeness (QED) is 0.769. The summed E-state index contributed by atoms with van der Waals surface area (Å²) in [5.74, 6) is -1.06. The maximum atomic E-state index is 12.1. The number of carbonyl (C=O) groups excluding carboxylic acids is 1. The summed E-state index contributed by atoms with van der Waals surface area (Å²) in [6.07, 6.45) is 2.95. The number of amides is 2. The van der Waals surface area contributed by atoms with E-state index in [-0.39, 0.29) is 11.9 Å². The van der Waals surface area contributed by atoms with Crippen molar-refractivity contribution >= 4 is 12.0 Å². The lowest BCUT2D eigenvalue weighted by molar-refractivity contribution is -0.140. The van der Waals surface area contributed by atoms with Gasteiger partial charge >= 0.3 is 12.0 Å². The molecule has 0 aliphatic carbocycles. The van der Waals surface area contributed by atoms with Crippen molar-refractivity contribution < 1.29 is 14.7 Å². The Kier molecular flexibility index (Phi) is 6.26. The molecule has 3 atom stereocenters. The number of likely N-dealkylation sites (tertiary alicyclic amines) is 1. The van der Waals surface area contributed by atoms with Crippen molar-refractivity contribution in [2.75, 3.05) is 27.2 Å². The molecule has 0 aromatic heterocycles. The van der Waals surface area contributed by atoms with Crippen LogP contribution in [0.25, 0.3) is 0 Å². The zero-order valence-corrected chi connectivity index (χ0v) is 12.9. The second-order valence-corrected chi connectivity index (χ2v) is 5.81. The molecule has 1 rings (SSSR count). The van der Waals surface area contributed by atoms with Gasteiger partial charge in [-0.25, -0.2) is 9.59 Å². The van der Waals surface area contributed by atoms with Crippen LogP contribution in [-0.4, -0.2) is 66.2 Å². The maximum Gasteiger partial charge on any atom is 0.326 e. The molecule has 6 nitrogen and oxygen atoms in total. The van der Waals surface area contributed by atoms with E-state index in [2.05, 4.69) is 17.3 Å². The number of carboxylic acid groups (broad SMARTS) is 1. The molecule has 0 spiro atoms. The highest BCUT2D eigenvalue weighted by molar-refractivity contribution is 5.82. The van der Waals surface area contributed by atoms with Crippen LogP contribution in [0.4, 0.5) is 4.79 Å². The number of nitrogens with one attached hydrogen (secondary N) is 1. The van der Waals surface area contributed by atoms with Crippen molar-refractivity contribution in [1.29, 1.82) is 0 Å². The van der Waals surface area contributed by atoms with E-state index >= 15 is 0 Å². The highest BCUT2D eigenvalue weighted by Gasteiger charge is 2.28. The Morgan fingerprint density at radius 3 is 2.60 bits per heavy atom. The van der Waals surface area contributed by atoms with Crippen LogP contribution in [0.2, 0.25) is 0 Å². The number of carbonyl (C=O) groups is 2. The molecule has 20 heavy (non-hydrogen) atoms. The molecule has 1 heterocycles. The molecule has 0 radical (unpaired) electrons. The SMILES string of the molecule is CCC(C)C(NC(=O)N(C)CC1CCCN1C)C(=O)O. The molecule has 2 N–H and O–H groups in total. The van der Waals surface area contributed by atoms with E-state index in [1.54, 1.807) is 11.9 Å². The van der Waals surface area contributed by atoms with Crippen LogP contribution in [0.15, 0.2) is 0 Å². The Morgan fingerprint density at radius 1 is 1.50 bits per heavy atom. The molecule has 1 saturated heterocycles. The van der Waals surface area contributed by atoms with Gasteiger partial charge in [-0.1, -0.05) is 20.3 Å². The topological polar surface area (TPSA) is 72.9 Å². The van der Waals surface area contributed by atoms with Crippen LogP contribution in [0.3, 0.4) is 0 Å². The third-order valence-electron chi connectivity index (χ3n) is 4.26. The zero-order chi connectivity index (χ0) is 15.3. The third-order valence-corrected chi connectivity index (χ3v) is 4.26.